The van der Waals surface area contributed by atoms with E-state index in [1.54, 1.807) is 24.3 Å². The van der Waals surface area contributed by atoms with Gasteiger partial charge in [0.1, 0.15) is 10.7 Å². The van der Waals surface area contributed by atoms with E-state index in [9.17, 15) is 18.0 Å². The Labute approximate surface area is 159 Å². The van der Waals surface area contributed by atoms with Crippen molar-refractivity contribution in [3.8, 4) is 5.75 Å². The number of alkyl halides is 3. The van der Waals surface area contributed by atoms with Gasteiger partial charge in [-0.15, -0.1) is 0 Å². The lowest BCUT2D eigenvalue weighted by Gasteiger charge is -2.19. The molecular formula is C19H18F3NO3S. The minimum absolute atomic E-state index is 0.00882. The highest BCUT2D eigenvalue weighted by Crippen LogP contribution is 2.41. The van der Waals surface area contributed by atoms with Crippen LogP contribution in [0, 0.1) is 0 Å². The van der Waals surface area contributed by atoms with Gasteiger partial charge in [0, 0.05) is 12.1 Å². The van der Waals surface area contributed by atoms with E-state index >= 15 is 0 Å². The van der Waals surface area contributed by atoms with Crippen LogP contribution in [0.5, 0.6) is 5.75 Å². The summed E-state index contributed by atoms with van der Waals surface area (Å²) in [6.45, 7) is 0.215. The molecule has 4 nitrogen and oxygen atoms in total. The number of ether oxygens (including phenoxy) is 2. The van der Waals surface area contributed by atoms with Crippen molar-refractivity contribution >= 4 is 23.4 Å². The Morgan fingerprint density at radius 1 is 1.04 bits per heavy atom. The standard InChI is InChI=1S/C19H18F3NO3S/c1-25-15-11-7-6-10-14(15)16(23-12-13-8-4-3-5-9-13)17(18(24)26-2)27-19(20,21)22/h3-11,23H,12H2,1-2H3/b17-16+. The highest BCUT2D eigenvalue weighted by atomic mass is 32.2. The number of carbonyl (C=O) groups is 1. The van der Waals surface area contributed by atoms with Crippen molar-refractivity contribution in [3.05, 3.63) is 70.6 Å². The molecule has 0 fully saturated rings. The summed E-state index contributed by atoms with van der Waals surface area (Å²) in [6.07, 6.45) is 0. The highest BCUT2D eigenvalue weighted by molar-refractivity contribution is 8.05. The first-order valence-electron chi connectivity index (χ1n) is 7.85. The average molecular weight is 397 g/mol. The maximum atomic E-state index is 13.1. The molecule has 2 aromatic carbocycles. The quantitative estimate of drug-likeness (QED) is 0.547. The van der Waals surface area contributed by atoms with Crippen LogP contribution in [-0.4, -0.2) is 25.7 Å². The normalized spacial score (nSPS) is 12.2. The summed E-state index contributed by atoms with van der Waals surface area (Å²) in [6, 6.07) is 15.6. The van der Waals surface area contributed by atoms with Gasteiger partial charge in [-0.05, 0) is 29.5 Å². The number of benzene rings is 2. The number of hydrogen-bond acceptors (Lipinski definition) is 5. The molecule has 0 aliphatic heterocycles. The number of halogens is 3. The van der Waals surface area contributed by atoms with Crippen molar-refractivity contribution in [1.29, 1.82) is 0 Å². The summed E-state index contributed by atoms with van der Waals surface area (Å²) in [7, 11) is 2.44. The van der Waals surface area contributed by atoms with Crippen LogP contribution in [0.3, 0.4) is 0 Å². The van der Waals surface area contributed by atoms with Crippen molar-refractivity contribution in [1.82, 2.24) is 5.32 Å². The van der Waals surface area contributed by atoms with Crippen molar-refractivity contribution in [2.75, 3.05) is 14.2 Å². The molecule has 0 spiro atoms. The minimum Gasteiger partial charge on any atom is -0.496 e. The summed E-state index contributed by atoms with van der Waals surface area (Å²) in [5.74, 6) is -0.754. The molecule has 27 heavy (non-hydrogen) atoms. The van der Waals surface area contributed by atoms with Crippen LogP contribution < -0.4 is 10.1 Å². The second-order valence-electron chi connectivity index (χ2n) is 5.28. The fourth-order valence-electron chi connectivity index (χ4n) is 2.34. The summed E-state index contributed by atoms with van der Waals surface area (Å²) >= 11 is -0.521. The number of nitrogens with one attached hydrogen (secondary N) is 1. The third kappa shape index (κ3) is 5.96. The maximum Gasteiger partial charge on any atom is 0.446 e. The largest absolute Gasteiger partial charge is 0.496 e. The molecule has 0 saturated heterocycles. The Morgan fingerprint density at radius 2 is 1.67 bits per heavy atom. The predicted molar refractivity (Wildman–Crippen MR) is 98.9 cm³/mol. The van der Waals surface area contributed by atoms with E-state index in [1.165, 1.54) is 7.11 Å². The van der Waals surface area contributed by atoms with E-state index in [0.717, 1.165) is 12.7 Å². The molecule has 1 N–H and O–H groups in total. The number of esters is 1. The van der Waals surface area contributed by atoms with Crippen LogP contribution in [0.25, 0.3) is 5.70 Å². The van der Waals surface area contributed by atoms with Crippen LogP contribution in [0.4, 0.5) is 13.2 Å². The number of carbonyl (C=O) groups excluding carboxylic acids is 1. The van der Waals surface area contributed by atoms with Crippen LogP contribution >= 0.6 is 11.8 Å². The lowest BCUT2D eigenvalue weighted by molar-refractivity contribution is -0.135. The summed E-state index contributed by atoms with van der Waals surface area (Å²) < 4.78 is 49.1. The molecule has 0 radical (unpaired) electrons. The molecule has 2 aromatic rings. The van der Waals surface area contributed by atoms with Crippen LogP contribution in [0.2, 0.25) is 0 Å². The number of para-hydroxylation sites is 1. The monoisotopic (exact) mass is 397 g/mol. The molecule has 0 aliphatic carbocycles. The van der Waals surface area contributed by atoms with E-state index < -0.39 is 28.1 Å². The van der Waals surface area contributed by atoms with Crippen molar-refractivity contribution in [2.24, 2.45) is 0 Å². The molecule has 0 saturated carbocycles. The molecular weight excluding hydrogens is 379 g/mol. The number of methoxy groups -OCH3 is 2. The molecule has 8 heteroatoms. The molecule has 2 rings (SSSR count). The number of thioether (sulfide) groups is 1. The molecule has 0 bridgehead atoms. The first kappa shape index (κ1) is 20.7. The maximum absolute atomic E-state index is 13.1. The van der Waals surface area contributed by atoms with Gasteiger partial charge in [-0.2, -0.15) is 13.2 Å². The number of rotatable bonds is 7. The molecule has 0 unspecified atom stereocenters. The van der Waals surface area contributed by atoms with Gasteiger partial charge in [0.25, 0.3) is 0 Å². The summed E-state index contributed by atoms with van der Waals surface area (Å²) in [5, 5.41) is 2.94. The molecule has 0 aliphatic rings. The summed E-state index contributed by atoms with van der Waals surface area (Å²) in [5.41, 5.74) is -3.50. The Bertz CT molecular complexity index is 807. The van der Waals surface area contributed by atoms with E-state index in [2.05, 4.69) is 10.1 Å². The van der Waals surface area contributed by atoms with Gasteiger partial charge < -0.3 is 14.8 Å². The van der Waals surface area contributed by atoms with E-state index in [-0.39, 0.29) is 12.2 Å². The first-order valence-corrected chi connectivity index (χ1v) is 8.67. The smallest absolute Gasteiger partial charge is 0.446 e. The van der Waals surface area contributed by atoms with E-state index in [1.807, 2.05) is 30.3 Å². The molecule has 144 valence electrons. The zero-order chi connectivity index (χ0) is 19.9. The van der Waals surface area contributed by atoms with Crippen LogP contribution in [-0.2, 0) is 16.1 Å². The highest BCUT2D eigenvalue weighted by Gasteiger charge is 2.36. The van der Waals surface area contributed by atoms with Crippen LogP contribution in [0.15, 0.2) is 59.5 Å². The summed E-state index contributed by atoms with van der Waals surface area (Å²) in [4.78, 5) is 11.5. The van der Waals surface area contributed by atoms with Gasteiger partial charge in [-0.25, -0.2) is 4.79 Å². The van der Waals surface area contributed by atoms with Gasteiger partial charge in [-0.3, -0.25) is 0 Å². The van der Waals surface area contributed by atoms with Crippen molar-refractivity contribution in [3.63, 3.8) is 0 Å². The van der Waals surface area contributed by atoms with E-state index in [0.29, 0.717) is 11.3 Å². The molecule has 0 amide bonds. The van der Waals surface area contributed by atoms with Crippen LogP contribution in [0.1, 0.15) is 11.1 Å². The van der Waals surface area contributed by atoms with Gasteiger partial charge in [0.2, 0.25) is 0 Å². The minimum atomic E-state index is -4.66. The van der Waals surface area contributed by atoms with Crippen molar-refractivity contribution < 1.29 is 27.4 Å². The zero-order valence-corrected chi connectivity index (χ0v) is 15.5. The Hall–Kier alpha value is -2.61. The zero-order valence-electron chi connectivity index (χ0n) is 14.7. The third-order valence-corrected chi connectivity index (χ3v) is 4.31. The van der Waals surface area contributed by atoms with Gasteiger partial charge >= 0.3 is 11.5 Å². The van der Waals surface area contributed by atoms with Crippen molar-refractivity contribution in [2.45, 2.75) is 12.1 Å². The van der Waals surface area contributed by atoms with Gasteiger partial charge in [0.15, 0.2) is 0 Å². The van der Waals surface area contributed by atoms with Gasteiger partial charge in [0.05, 0.1) is 19.9 Å². The third-order valence-electron chi connectivity index (χ3n) is 3.50. The lowest BCUT2D eigenvalue weighted by Crippen LogP contribution is -2.19. The SMILES string of the molecule is COC(=O)/C(SC(F)(F)F)=C(\NCc1ccccc1)c1ccccc1OC. The second-order valence-corrected chi connectivity index (χ2v) is 6.36. The first-order chi connectivity index (χ1) is 12.9. The molecule has 0 heterocycles. The Kier molecular flexibility index (Phi) is 7.18. The molecule has 0 aromatic heterocycles. The molecule has 0 atom stereocenters. The second kappa shape index (κ2) is 9.36. The fourth-order valence-corrected chi connectivity index (χ4v) is 3.02. The Morgan fingerprint density at radius 3 is 2.26 bits per heavy atom. The lowest BCUT2D eigenvalue weighted by atomic mass is 10.1. The number of hydrogen-bond donors (Lipinski definition) is 1. The predicted octanol–water partition coefficient (Wildman–Crippen LogP) is 4.58. The van der Waals surface area contributed by atoms with E-state index in [4.69, 9.17) is 4.74 Å². The Balaban J connectivity index is 2.55. The van der Waals surface area contributed by atoms with Gasteiger partial charge in [-0.1, -0.05) is 42.5 Å². The average Bonchev–Trinajstić information content (AvgIpc) is 2.66. The fraction of sp³-hybridized carbons (Fsp3) is 0.211. The topological polar surface area (TPSA) is 47.6 Å².